The largest absolute Gasteiger partial charge is 0.508 e. The molecule has 43 heteroatoms. The number of benzene rings is 8. The number of nitrogens with zero attached hydrogens (tertiary/aromatic N) is 20. The number of rotatable bonds is 30. The van der Waals surface area contributed by atoms with Crippen LogP contribution in [-0.4, -0.2) is 216 Å². The molecule has 150 heavy (non-hydrogen) atoms. The zero-order chi connectivity index (χ0) is 104. The Morgan fingerprint density at radius 3 is 1.02 bits per heavy atom. The molecule has 0 bridgehead atoms. The van der Waals surface area contributed by atoms with Gasteiger partial charge in [0.1, 0.15) is 23.0 Å². The van der Waals surface area contributed by atoms with E-state index in [2.05, 4.69) is 123 Å². The first-order valence-electron chi connectivity index (χ1n) is 47.2. The fraction of sp³-hybridized carbons (Fsp3) is 0.168. The molecule has 12 N–H and O–H groups in total. The summed E-state index contributed by atoms with van der Waals surface area (Å²) >= 11 is 12.7. The van der Waals surface area contributed by atoms with Gasteiger partial charge in [-0.15, -0.1) is 0 Å². The van der Waals surface area contributed by atoms with Gasteiger partial charge in [0.05, 0.1) is 178 Å². The van der Waals surface area contributed by atoms with Crippen LogP contribution in [0.3, 0.4) is 0 Å². The Morgan fingerprint density at radius 1 is 0.333 bits per heavy atom. The van der Waals surface area contributed by atoms with Crippen molar-refractivity contribution in [3.05, 3.63) is 347 Å². The molecule has 12 heterocycles. The van der Waals surface area contributed by atoms with Gasteiger partial charge in [-0.1, -0.05) is 96.0 Å². The third-order valence-electron chi connectivity index (χ3n) is 23.0. The van der Waals surface area contributed by atoms with Crippen molar-refractivity contribution >= 4 is 146 Å². The molecule has 762 valence electrons. The number of aromatic nitrogens is 12. The molecule has 4 saturated heterocycles. The minimum Gasteiger partial charge on any atom is -0.508 e. The standard InChI is InChI=1S/C28H25ClFN7O3.C27H26FN7O2.C26H23ClFN7O2.C26H24FN7O2/c29-20-12-19(26(39)11-18-2-1-3-24(38)10-18)13-23(14-20)34-22-5-4-21(31-15-22)16-33-36-28-32-17-25(30)27(35-28)37-6-8-40-9-7-37;1-18-13-20(7-8-24(18)19-3-2-4-23(36)14-19)32-22-6-5-21(29-15-22)16-31-34-27-30-17-25(28)26(33-27)35-9-11-37-12-10-35;27-23-13-18(6-7-22(23)17-2-1-3-21(36)12-17)32-20-5-4-19(29-14-20)15-31-34-26-30-16-24(28)25(33-26)35-8-10-37-11-9-35;27-24-17-29-26(32-25(24)34-10-12-36-13-11-34)33-30-16-21-8-9-22(15-28-21)31-20-6-4-18(5-7-20)19-2-1-3-23(35)14-19/h1-5,10,12-17,34,38H,6-9,11H2,(H,32,35,36);2-8,13-17,32,36H,9-12H2,1H3,(H,30,33,34);1-7,12-16,32,36H,8-11H2,(H,30,33,34);1-9,14-17,31,35H,10-13H2,(H,29,32,33)/b33-16+;31-16+;31-15+;30-16+. The zero-order valence-electron chi connectivity index (χ0n) is 80.4. The fourth-order valence-electron chi connectivity index (χ4n) is 15.6. The van der Waals surface area contributed by atoms with E-state index in [4.69, 9.17) is 42.1 Å². The summed E-state index contributed by atoms with van der Waals surface area (Å²) in [6, 6.07) is 67.1. The molecular weight excluding hydrogens is 1970 g/mol. The van der Waals surface area contributed by atoms with Gasteiger partial charge in [0.25, 0.3) is 0 Å². The number of Topliss-reactive ketones (excluding diaryl/α,β-unsaturated/α-hetero) is 1. The number of hydrogen-bond donors (Lipinski definition) is 12. The summed E-state index contributed by atoms with van der Waals surface area (Å²) in [5, 5.41) is 69.3. The number of hydrazone groups is 4. The second-order valence-electron chi connectivity index (χ2n) is 33.7. The van der Waals surface area contributed by atoms with Gasteiger partial charge in [0.2, 0.25) is 23.8 Å². The molecule has 4 aliphatic rings. The molecule has 0 unspecified atom stereocenters. The Kier molecular flexibility index (Phi) is 35.3. The maximum atomic E-state index is 14.2. The molecule has 37 nitrogen and oxygen atoms in total. The smallest absolute Gasteiger partial charge is 0.245 e. The lowest BCUT2D eigenvalue weighted by Crippen LogP contribution is -2.37. The Labute approximate surface area is 867 Å². The van der Waals surface area contributed by atoms with E-state index >= 15 is 0 Å². The summed E-state index contributed by atoms with van der Waals surface area (Å²) in [6.45, 7) is 10.8. The molecular formula is C107H98Cl2F4N28O9. The van der Waals surface area contributed by atoms with Gasteiger partial charge >= 0.3 is 0 Å². The third-order valence-corrected chi connectivity index (χ3v) is 23.5. The molecule has 0 spiro atoms. The quantitative estimate of drug-likeness (QED) is 0.00861. The maximum absolute atomic E-state index is 14.2. The molecule has 20 rings (SSSR count). The number of aromatic hydroxyl groups is 4. The van der Waals surface area contributed by atoms with Crippen molar-refractivity contribution in [1.82, 2.24) is 59.8 Å². The number of ether oxygens (including phenoxy) is 4. The fourth-order valence-corrected chi connectivity index (χ4v) is 16.1. The van der Waals surface area contributed by atoms with E-state index in [9.17, 15) is 42.8 Å². The second kappa shape index (κ2) is 51.2. The number of ketones is 1. The second-order valence-corrected chi connectivity index (χ2v) is 34.5. The van der Waals surface area contributed by atoms with Gasteiger partial charge in [-0.3, -0.25) is 24.7 Å². The molecule has 4 aliphatic heterocycles. The summed E-state index contributed by atoms with van der Waals surface area (Å²) < 4.78 is 77.9. The minimum atomic E-state index is -0.506. The number of nitrogens with one attached hydrogen (secondary N) is 8. The number of pyridine rings is 4. The van der Waals surface area contributed by atoms with Crippen LogP contribution in [0, 0.1) is 30.2 Å². The average Bonchev–Trinajstić information content (AvgIpc) is 0.796. The third kappa shape index (κ3) is 29.7. The number of phenols is 4. The minimum absolute atomic E-state index is 0.109. The Bertz CT molecular complexity index is 7220. The highest BCUT2D eigenvalue weighted by Crippen LogP contribution is 2.36. The monoisotopic (exact) mass is 2060 g/mol. The summed E-state index contributed by atoms with van der Waals surface area (Å²) in [6.07, 6.45) is 17.4. The van der Waals surface area contributed by atoms with Crippen LogP contribution in [0.2, 0.25) is 10.0 Å². The Hall–Kier alpha value is -18.0. The van der Waals surface area contributed by atoms with Gasteiger partial charge in [0.15, 0.2) is 52.3 Å². The number of hydrogen-bond acceptors (Lipinski definition) is 37. The summed E-state index contributed by atoms with van der Waals surface area (Å²) in [5.74, 6) is 0.310. The van der Waals surface area contributed by atoms with Gasteiger partial charge in [-0.05, 0) is 198 Å². The van der Waals surface area contributed by atoms with Crippen molar-refractivity contribution in [2.75, 3.05) is 168 Å². The van der Waals surface area contributed by atoms with Crippen LogP contribution in [0.5, 0.6) is 23.0 Å². The summed E-state index contributed by atoms with van der Waals surface area (Å²) in [4.78, 5) is 70.3. The van der Waals surface area contributed by atoms with E-state index < -0.39 is 23.3 Å². The molecule has 16 aromatic rings. The number of phenolic OH excluding ortho intramolecular Hbond substituents is 4. The van der Waals surface area contributed by atoms with Gasteiger partial charge in [-0.25, -0.2) is 59.2 Å². The van der Waals surface area contributed by atoms with Crippen LogP contribution in [0.4, 0.5) is 110 Å². The number of aryl methyl sites for hydroxylation is 1. The molecule has 8 aromatic carbocycles. The highest BCUT2D eigenvalue weighted by Gasteiger charge is 2.24. The molecule has 0 amide bonds. The first kappa shape index (κ1) is 103. The van der Waals surface area contributed by atoms with E-state index in [1.54, 1.807) is 139 Å². The highest BCUT2D eigenvalue weighted by atomic mass is 35.5. The van der Waals surface area contributed by atoms with Crippen molar-refractivity contribution in [2.24, 2.45) is 20.4 Å². The van der Waals surface area contributed by atoms with Crippen LogP contribution in [0.1, 0.15) is 44.3 Å². The van der Waals surface area contributed by atoms with E-state index in [1.807, 2.05) is 143 Å². The van der Waals surface area contributed by atoms with Crippen LogP contribution in [0.15, 0.2) is 294 Å². The van der Waals surface area contributed by atoms with Crippen molar-refractivity contribution in [3.8, 4) is 56.4 Å². The predicted molar refractivity (Wildman–Crippen MR) is 573 cm³/mol. The lowest BCUT2D eigenvalue weighted by Gasteiger charge is -2.27. The maximum Gasteiger partial charge on any atom is 0.245 e. The summed E-state index contributed by atoms with van der Waals surface area (Å²) in [7, 11) is 0. The molecule has 0 aliphatic carbocycles. The average molecular weight is 2070 g/mol. The predicted octanol–water partition coefficient (Wildman–Crippen LogP) is 19.0. The Balaban J connectivity index is 0.000000136. The number of carbonyl (C=O) groups is 1. The number of anilines is 16. The number of carbonyl (C=O) groups excluding carboxylic acids is 1. The van der Waals surface area contributed by atoms with E-state index in [1.165, 1.54) is 18.6 Å². The van der Waals surface area contributed by atoms with E-state index in [0.29, 0.717) is 161 Å². The zero-order valence-corrected chi connectivity index (χ0v) is 81.9. The van der Waals surface area contributed by atoms with Crippen LogP contribution in [-0.2, 0) is 25.4 Å². The van der Waals surface area contributed by atoms with Crippen LogP contribution in [0.25, 0.3) is 33.4 Å². The number of morpholine rings is 4. The first-order valence-corrected chi connectivity index (χ1v) is 47.9. The normalized spacial score (nSPS) is 13.6. The van der Waals surface area contributed by atoms with Crippen LogP contribution < -0.4 is 62.6 Å². The van der Waals surface area contributed by atoms with Crippen molar-refractivity contribution < 1.29 is 61.7 Å². The van der Waals surface area contributed by atoms with Crippen LogP contribution >= 0.6 is 23.2 Å². The lowest BCUT2D eigenvalue weighted by atomic mass is 10.00. The highest BCUT2D eigenvalue weighted by molar-refractivity contribution is 6.33. The first-order chi connectivity index (χ1) is 73.2. The van der Waals surface area contributed by atoms with Gasteiger partial charge in [0, 0.05) is 97.7 Å². The van der Waals surface area contributed by atoms with Gasteiger partial charge in [-0.2, -0.15) is 40.3 Å². The van der Waals surface area contributed by atoms with Gasteiger partial charge < -0.3 is 80.2 Å². The SMILES string of the molecule is Cc1cc(Nc2ccc(/C=N/Nc3ncc(F)c(N4CCOCC4)n3)nc2)ccc1-c1cccc(O)c1.O=C(Cc1cccc(O)c1)c1cc(Cl)cc(Nc2ccc(/C=N/Nc3ncc(F)c(N4CCOCC4)n3)nc2)c1.Oc1cccc(-c2ccc(Nc3ccc(/C=N/Nc4ncc(F)c(N5CCOCC5)n4)nc3)cc2)c1.Oc1cccc(-c2ccc(Nc3ccc(/C=N/Nc4ncc(F)c(N5CCOCC5)n4)nc3)cc2Cl)c1. The molecule has 0 atom stereocenters. The number of halogens is 6. The summed E-state index contributed by atoms with van der Waals surface area (Å²) in [5.41, 5.74) is 27.5. The molecule has 0 radical (unpaired) electrons. The van der Waals surface area contributed by atoms with E-state index in [0.717, 1.165) is 97.9 Å². The molecule has 4 fully saturated rings. The topological polar surface area (TPSA) is 448 Å². The van der Waals surface area contributed by atoms with Crippen molar-refractivity contribution in [1.29, 1.82) is 0 Å². The Morgan fingerprint density at radius 2 is 0.660 bits per heavy atom. The van der Waals surface area contributed by atoms with Crippen molar-refractivity contribution in [2.45, 2.75) is 13.3 Å². The lowest BCUT2D eigenvalue weighted by molar-refractivity contribution is 0.0992. The molecule has 0 saturated carbocycles. The van der Waals surface area contributed by atoms with Crippen molar-refractivity contribution in [3.63, 3.8) is 0 Å². The van der Waals surface area contributed by atoms with E-state index in [-0.39, 0.29) is 82.3 Å². The molecule has 8 aromatic heterocycles.